The summed E-state index contributed by atoms with van der Waals surface area (Å²) in [5.41, 5.74) is 1.04. The van der Waals surface area contributed by atoms with Gasteiger partial charge in [0.15, 0.2) is 0 Å². The Bertz CT molecular complexity index is 499. The average Bonchev–Trinajstić information content (AvgIpc) is 2.50. The van der Waals surface area contributed by atoms with Gasteiger partial charge in [0.1, 0.15) is 5.75 Å². The Kier molecular flexibility index (Phi) is 6.52. The Morgan fingerprint density at radius 2 is 2.14 bits per heavy atom. The Balaban J connectivity index is 1.83. The molecule has 1 fully saturated rings. The summed E-state index contributed by atoms with van der Waals surface area (Å²) in [4.78, 5) is 14.5. The van der Waals surface area contributed by atoms with Crippen molar-refractivity contribution in [3.05, 3.63) is 28.8 Å². The van der Waals surface area contributed by atoms with Crippen LogP contribution in [0.15, 0.2) is 18.2 Å². The molecule has 122 valence electrons. The molecule has 0 aromatic heterocycles. The summed E-state index contributed by atoms with van der Waals surface area (Å²) in [5, 5.41) is 3.74. The number of benzene rings is 1. The van der Waals surface area contributed by atoms with Crippen molar-refractivity contribution in [2.75, 3.05) is 33.3 Å². The van der Waals surface area contributed by atoms with Gasteiger partial charge in [-0.05, 0) is 70.1 Å². The largest absolute Gasteiger partial charge is 0.494 e. The molecule has 0 spiro atoms. The lowest BCUT2D eigenvalue weighted by atomic mass is 9.96. The van der Waals surface area contributed by atoms with Crippen molar-refractivity contribution in [2.45, 2.75) is 26.2 Å². The molecule has 1 aliphatic heterocycles. The molecule has 1 aromatic carbocycles. The molecule has 1 heterocycles. The van der Waals surface area contributed by atoms with Crippen LogP contribution >= 0.6 is 11.6 Å². The lowest BCUT2D eigenvalue weighted by molar-refractivity contribution is -0.126. The van der Waals surface area contributed by atoms with Crippen molar-refractivity contribution in [3.8, 4) is 5.75 Å². The number of rotatable bonds is 6. The highest BCUT2D eigenvalue weighted by atomic mass is 35.5. The summed E-state index contributed by atoms with van der Waals surface area (Å²) in [6.07, 6.45) is 2.63. The molecule has 2 rings (SSSR count). The molecule has 0 radical (unpaired) electrons. The van der Waals surface area contributed by atoms with Crippen LogP contribution in [0.2, 0.25) is 5.02 Å². The molecule has 22 heavy (non-hydrogen) atoms. The van der Waals surface area contributed by atoms with Gasteiger partial charge in [0.2, 0.25) is 5.91 Å². The third kappa shape index (κ3) is 4.89. The van der Waals surface area contributed by atoms with E-state index in [9.17, 15) is 4.79 Å². The molecule has 0 saturated carbocycles. The van der Waals surface area contributed by atoms with Gasteiger partial charge in [0.25, 0.3) is 0 Å². The van der Waals surface area contributed by atoms with E-state index in [1.165, 1.54) is 0 Å². The monoisotopic (exact) mass is 324 g/mol. The molecule has 1 amide bonds. The highest BCUT2D eigenvalue weighted by molar-refractivity contribution is 6.30. The zero-order valence-corrected chi connectivity index (χ0v) is 14.2. The molecule has 0 unspecified atom stereocenters. The van der Waals surface area contributed by atoms with Crippen LogP contribution in [0.25, 0.3) is 0 Å². The Morgan fingerprint density at radius 1 is 1.41 bits per heavy atom. The van der Waals surface area contributed by atoms with E-state index in [0.29, 0.717) is 18.2 Å². The zero-order chi connectivity index (χ0) is 15.9. The molecule has 0 aliphatic carbocycles. The summed E-state index contributed by atoms with van der Waals surface area (Å²) in [6, 6.07) is 5.63. The molecular formula is C17H25ClN2O2. The van der Waals surface area contributed by atoms with Gasteiger partial charge < -0.3 is 15.0 Å². The Morgan fingerprint density at radius 3 is 2.82 bits per heavy atom. The molecule has 4 nitrogen and oxygen atoms in total. The second-order valence-electron chi connectivity index (χ2n) is 5.80. The van der Waals surface area contributed by atoms with E-state index in [2.05, 4.69) is 17.3 Å². The number of ether oxygens (including phenoxy) is 1. The van der Waals surface area contributed by atoms with Crippen LogP contribution in [0.5, 0.6) is 5.75 Å². The smallest absolute Gasteiger partial charge is 0.223 e. The Labute approximate surface area is 137 Å². The maximum absolute atomic E-state index is 12.2. The molecule has 1 N–H and O–H groups in total. The first-order valence-corrected chi connectivity index (χ1v) is 8.35. The maximum atomic E-state index is 12.2. The van der Waals surface area contributed by atoms with E-state index in [4.69, 9.17) is 16.3 Å². The highest BCUT2D eigenvalue weighted by Crippen LogP contribution is 2.23. The predicted octanol–water partition coefficient (Wildman–Crippen LogP) is 2.74. The van der Waals surface area contributed by atoms with Crippen LogP contribution in [0.1, 0.15) is 25.3 Å². The standard InChI is InChI=1S/C17H25ClN2O2/c1-3-22-16-5-4-15(18)12-14(16)6-9-19-17(21)13-7-10-20(2)11-8-13/h4-5,12-13H,3,6-11H2,1-2H3,(H,19,21). The van der Waals surface area contributed by atoms with Crippen LogP contribution in [0, 0.1) is 5.92 Å². The van der Waals surface area contributed by atoms with E-state index in [0.717, 1.165) is 43.7 Å². The molecule has 0 atom stereocenters. The first-order valence-electron chi connectivity index (χ1n) is 7.97. The van der Waals surface area contributed by atoms with Crippen LogP contribution in [0.3, 0.4) is 0 Å². The molecule has 1 saturated heterocycles. The van der Waals surface area contributed by atoms with E-state index in [1.807, 2.05) is 25.1 Å². The van der Waals surface area contributed by atoms with Crippen LogP contribution < -0.4 is 10.1 Å². The number of halogens is 1. The number of nitrogens with zero attached hydrogens (tertiary/aromatic N) is 1. The zero-order valence-electron chi connectivity index (χ0n) is 13.4. The van der Waals surface area contributed by atoms with Crippen LogP contribution in [0.4, 0.5) is 0 Å². The number of amides is 1. The molecule has 1 aromatic rings. The van der Waals surface area contributed by atoms with Crippen molar-refractivity contribution >= 4 is 17.5 Å². The molecule has 0 bridgehead atoms. The van der Waals surface area contributed by atoms with Gasteiger partial charge in [-0.15, -0.1) is 0 Å². The number of piperidine rings is 1. The van der Waals surface area contributed by atoms with Crippen molar-refractivity contribution in [2.24, 2.45) is 5.92 Å². The second kappa shape index (κ2) is 8.39. The van der Waals surface area contributed by atoms with Crippen molar-refractivity contribution in [1.82, 2.24) is 10.2 Å². The minimum Gasteiger partial charge on any atom is -0.494 e. The van der Waals surface area contributed by atoms with Gasteiger partial charge in [0, 0.05) is 17.5 Å². The summed E-state index contributed by atoms with van der Waals surface area (Å²) in [5.74, 6) is 1.18. The van der Waals surface area contributed by atoms with E-state index in [1.54, 1.807) is 0 Å². The predicted molar refractivity (Wildman–Crippen MR) is 89.6 cm³/mol. The number of nitrogens with one attached hydrogen (secondary N) is 1. The van der Waals surface area contributed by atoms with Gasteiger partial charge in [0.05, 0.1) is 6.61 Å². The first kappa shape index (κ1) is 17.1. The van der Waals surface area contributed by atoms with E-state index < -0.39 is 0 Å². The van der Waals surface area contributed by atoms with Crippen LogP contribution in [-0.2, 0) is 11.2 Å². The highest BCUT2D eigenvalue weighted by Gasteiger charge is 2.22. The summed E-state index contributed by atoms with van der Waals surface area (Å²) < 4.78 is 5.60. The summed E-state index contributed by atoms with van der Waals surface area (Å²) in [7, 11) is 2.10. The van der Waals surface area contributed by atoms with Gasteiger partial charge in [-0.3, -0.25) is 4.79 Å². The lowest BCUT2D eigenvalue weighted by Gasteiger charge is -2.28. The minimum atomic E-state index is 0.155. The van der Waals surface area contributed by atoms with E-state index in [-0.39, 0.29) is 11.8 Å². The number of carbonyl (C=O) groups excluding carboxylic acids is 1. The summed E-state index contributed by atoms with van der Waals surface area (Å²) in [6.45, 7) is 5.20. The Hall–Kier alpha value is -1.26. The second-order valence-corrected chi connectivity index (χ2v) is 6.24. The molecule has 1 aliphatic rings. The fraction of sp³-hybridized carbons (Fsp3) is 0.588. The quantitative estimate of drug-likeness (QED) is 0.875. The topological polar surface area (TPSA) is 41.6 Å². The number of carbonyl (C=O) groups is 1. The third-order valence-corrected chi connectivity index (χ3v) is 4.34. The maximum Gasteiger partial charge on any atom is 0.223 e. The molecule has 5 heteroatoms. The van der Waals surface area contributed by atoms with Gasteiger partial charge in [-0.25, -0.2) is 0 Å². The van der Waals surface area contributed by atoms with E-state index >= 15 is 0 Å². The van der Waals surface area contributed by atoms with Crippen molar-refractivity contribution in [3.63, 3.8) is 0 Å². The van der Waals surface area contributed by atoms with Crippen LogP contribution in [-0.4, -0.2) is 44.1 Å². The molecular weight excluding hydrogens is 300 g/mol. The van der Waals surface area contributed by atoms with Crippen molar-refractivity contribution < 1.29 is 9.53 Å². The fourth-order valence-corrected chi connectivity index (χ4v) is 2.97. The fourth-order valence-electron chi connectivity index (χ4n) is 2.78. The van der Waals surface area contributed by atoms with Gasteiger partial charge in [-0.1, -0.05) is 11.6 Å². The first-order chi connectivity index (χ1) is 10.6. The summed E-state index contributed by atoms with van der Waals surface area (Å²) >= 11 is 6.05. The lowest BCUT2D eigenvalue weighted by Crippen LogP contribution is -2.39. The van der Waals surface area contributed by atoms with Crippen molar-refractivity contribution in [1.29, 1.82) is 0 Å². The number of hydrogen-bond donors (Lipinski definition) is 1. The minimum absolute atomic E-state index is 0.155. The number of hydrogen-bond acceptors (Lipinski definition) is 3. The van der Waals surface area contributed by atoms with Gasteiger partial charge in [-0.2, -0.15) is 0 Å². The average molecular weight is 325 g/mol. The van der Waals surface area contributed by atoms with Gasteiger partial charge >= 0.3 is 0 Å². The normalized spacial score (nSPS) is 16.5. The SMILES string of the molecule is CCOc1ccc(Cl)cc1CCNC(=O)C1CCN(C)CC1. The number of likely N-dealkylation sites (tertiary alicyclic amines) is 1. The third-order valence-electron chi connectivity index (χ3n) is 4.11.